The summed E-state index contributed by atoms with van der Waals surface area (Å²) in [6.07, 6.45) is 10.5. The maximum Gasteiger partial charge on any atom is -0.0334 e. The predicted octanol–water partition coefficient (Wildman–Crippen LogP) is 5.91. The molecule has 0 nitrogen and oxygen atoms in total. The van der Waals surface area contributed by atoms with E-state index in [4.69, 9.17) is 0 Å². The fourth-order valence-corrected chi connectivity index (χ4v) is 5.01. The van der Waals surface area contributed by atoms with Gasteiger partial charge in [-0.2, -0.15) is 0 Å². The van der Waals surface area contributed by atoms with Crippen molar-refractivity contribution < 1.29 is 0 Å². The number of hydrogen-bond donors (Lipinski definition) is 0. The molecule has 2 unspecified atom stereocenters. The van der Waals surface area contributed by atoms with E-state index in [0.717, 1.165) is 29.6 Å². The molecule has 0 saturated heterocycles. The summed E-state index contributed by atoms with van der Waals surface area (Å²) >= 11 is 0. The Morgan fingerprint density at radius 2 is 1.22 bits per heavy atom. The number of hydrogen-bond acceptors (Lipinski definition) is 0. The Morgan fingerprint density at radius 3 is 1.67 bits per heavy atom. The van der Waals surface area contributed by atoms with Gasteiger partial charge < -0.3 is 0 Å². The molecule has 0 aromatic rings. The minimum absolute atomic E-state index is 0.536. The Hall–Kier alpha value is 0. The second-order valence-corrected chi connectivity index (χ2v) is 8.44. The first kappa shape index (κ1) is 14.4. The van der Waals surface area contributed by atoms with Crippen LogP contribution in [0.3, 0.4) is 0 Å². The maximum atomic E-state index is 2.52. The Balaban J connectivity index is 1.92. The Bertz CT molecular complexity index is 242. The van der Waals surface area contributed by atoms with E-state index in [9.17, 15) is 0 Å². The van der Waals surface area contributed by atoms with Gasteiger partial charge in [0.25, 0.3) is 0 Å². The third-order valence-corrected chi connectivity index (χ3v) is 6.17. The molecule has 0 heterocycles. The van der Waals surface area contributed by atoms with E-state index in [-0.39, 0.29) is 0 Å². The van der Waals surface area contributed by atoms with E-state index < -0.39 is 0 Å². The van der Waals surface area contributed by atoms with Gasteiger partial charge in [-0.3, -0.25) is 0 Å². The molecule has 2 rings (SSSR count). The molecule has 0 amide bonds. The van der Waals surface area contributed by atoms with Crippen molar-refractivity contribution in [3.8, 4) is 0 Å². The Labute approximate surface area is 115 Å². The van der Waals surface area contributed by atoms with Crippen LogP contribution in [0.2, 0.25) is 0 Å². The van der Waals surface area contributed by atoms with E-state index in [0.29, 0.717) is 5.41 Å². The predicted molar refractivity (Wildman–Crippen MR) is 80.6 cm³/mol. The summed E-state index contributed by atoms with van der Waals surface area (Å²) in [7, 11) is 0. The SMILES string of the molecule is CC1CCCC(C)C1C1CCC(C(C)(C)C)CC1. The summed E-state index contributed by atoms with van der Waals surface area (Å²) in [5.74, 6) is 5.05. The first-order valence-corrected chi connectivity index (χ1v) is 8.39. The minimum Gasteiger partial charge on any atom is -0.0622 e. The second-order valence-electron chi connectivity index (χ2n) is 8.44. The van der Waals surface area contributed by atoms with Gasteiger partial charge >= 0.3 is 0 Å². The molecule has 2 fully saturated rings. The van der Waals surface area contributed by atoms with Gasteiger partial charge in [0, 0.05) is 0 Å². The van der Waals surface area contributed by atoms with E-state index in [2.05, 4.69) is 34.6 Å². The second kappa shape index (κ2) is 5.55. The first-order valence-electron chi connectivity index (χ1n) is 8.39. The monoisotopic (exact) mass is 250 g/mol. The van der Waals surface area contributed by atoms with E-state index in [1.165, 1.54) is 44.9 Å². The largest absolute Gasteiger partial charge is 0.0622 e. The van der Waals surface area contributed by atoms with Crippen LogP contribution in [0.1, 0.15) is 79.6 Å². The van der Waals surface area contributed by atoms with Crippen LogP contribution in [0.4, 0.5) is 0 Å². The molecule has 0 bridgehead atoms. The van der Waals surface area contributed by atoms with E-state index in [1.807, 2.05) is 0 Å². The molecule has 2 aliphatic rings. The topological polar surface area (TPSA) is 0 Å². The van der Waals surface area contributed by atoms with Crippen molar-refractivity contribution in [2.75, 3.05) is 0 Å². The molecule has 2 aliphatic carbocycles. The Morgan fingerprint density at radius 1 is 0.722 bits per heavy atom. The molecule has 0 N–H and O–H groups in total. The first-order chi connectivity index (χ1) is 8.39. The zero-order valence-corrected chi connectivity index (χ0v) is 13.3. The third kappa shape index (κ3) is 3.11. The molecule has 0 aromatic carbocycles. The minimum atomic E-state index is 0.536. The van der Waals surface area contributed by atoms with Gasteiger partial charge in [-0.25, -0.2) is 0 Å². The van der Waals surface area contributed by atoms with Crippen molar-refractivity contribution in [1.82, 2.24) is 0 Å². The summed E-state index contributed by atoms with van der Waals surface area (Å²) < 4.78 is 0. The lowest BCUT2D eigenvalue weighted by Gasteiger charge is -2.45. The van der Waals surface area contributed by atoms with Crippen molar-refractivity contribution in [1.29, 1.82) is 0 Å². The smallest absolute Gasteiger partial charge is 0.0334 e. The van der Waals surface area contributed by atoms with Crippen molar-refractivity contribution in [2.24, 2.45) is 35.0 Å². The highest BCUT2D eigenvalue weighted by Gasteiger charge is 2.37. The van der Waals surface area contributed by atoms with Crippen LogP contribution in [0.5, 0.6) is 0 Å². The van der Waals surface area contributed by atoms with Crippen LogP contribution in [-0.4, -0.2) is 0 Å². The van der Waals surface area contributed by atoms with Crippen LogP contribution < -0.4 is 0 Å². The molecule has 0 aliphatic heterocycles. The molecule has 18 heavy (non-hydrogen) atoms. The Kier molecular flexibility index (Phi) is 4.44. The number of rotatable bonds is 1. The average Bonchev–Trinajstić information content (AvgIpc) is 2.28. The highest BCUT2D eigenvalue weighted by atomic mass is 14.4. The van der Waals surface area contributed by atoms with Crippen LogP contribution in [0.25, 0.3) is 0 Å². The van der Waals surface area contributed by atoms with Gasteiger partial charge in [-0.1, -0.05) is 53.9 Å². The molecule has 0 radical (unpaired) electrons. The molecule has 0 spiro atoms. The molecule has 2 saturated carbocycles. The maximum absolute atomic E-state index is 2.52. The summed E-state index contributed by atoms with van der Waals surface area (Å²) in [5.41, 5.74) is 0.536. The zero-order chi connectivity index (χ0) is 13.3. The van der Waals surface area contributed by atoms with Crippen LogP contribution >= 0.6 is 0 Å². The van der Waals surface area contributed by atoms with Crippen molar-refractivity contribution in [2.45, 2.75) is 79.6 Å². The summed E-state index contributed by atoms with van der Waals surface area (Å²) in [4.78, 5) is 0. The van der Waals surface area contributed by atoms with Crippen LogP contribution in [0.15, 0.2) is 0 Å². The third-order valence-electron chi connectivity index (χ3n) is 6.17. The van der Waals surface area contributed by atoms with E-state index in [1.54, 1.807) is 0 Å². The molecule has 106 valence electrons. The average molecular weight is 250 g/mol. The van der Waals surface area contributed by atoms with Gasteiger partial charge in [0.2, 0.25) is 0 Å². The standard InChI is InChI=1S/C18H34/c1-13-7-6-8-14(2)17(13)15-9-11-16(12-10-15)18(3,4)5/h13-17H,6-12H2,1-5H3. The summed E-state index contributed by atoms with van der Waals surface area (Å²) in [6, 6.07) is 0. The van der Waals surface area contributed by atoms with Gasteiger partial charge in [0.1, 0.15) is 0 Å². The fourth-order valence-electron chi connectivity index (χ4n) is 5.01. The summed E-state index contributed by atoms with van der Waals surface area (Å²) in [6.45, 7) is 12.4. The highest BCUT2D eigenvalue weighted by molar-refractivity contribution is 4.88. The lowest BCUT2D eigenvalue weighted by Crippen LogP contribution is -2.35. The quantitative estimate of drug-likeness (QED) is 0.542. The molecule has 0 aromatic heterocycles. The van der Waals surface area contributed by atoms with Gasteiger partial charge in [-0.05, 0) is 60.7 Å². The lowest BCUT2D eigenvalue weighted by atomic mass is 9.61. The van der Waals surface area contributed by atoms with Gasteiger partial charge in [0.15, 0.2) is 0 Å². The van der Waals surface area contributed by atoms with E-state index >= 15 is 0 Å². The normalized spacial score (nSPS) is 42.8. The highest BCUT2D eigenvalue weighted by Crippen LogP contribution is 2.48. The van der Waals surface area contributed by atoms with Crippen LogP contribution in [0, 0.1) is 35.0 Å². The van der Waals surface area contributed by atoms with Crippen molar-refractivity contribution in [3.05, 3.63) is 0 Å². The molecular weight excluding hydrogens is 216 g/mol. The van der Waals surface area contributed by atoms with Crippen LogP contribution in [-0.2, 0) is 0 Å². The van der Waals surface area contributed by atoms with Crippen molar-refractivity contribution >= 4 is 0 Å². The molecular formula is C18H34. The molecule has 2 atom stereocenters. The lowest BCUT2D eigenvalue weighted by molar-refractivity contribution is 0.0547. The fraction of sp³-hybridized carbons (Fsp3) is 1.00. The van der Waals surface area contributed by atoms with Crippen molar-refractivity contribution in [3.63, 3.8) is 0 Å². The summed E-state index contributed by atoms with van der Waals surface area (Å²) in [5, 5.41) is 0. The zero-order valence-electron chi connectivity index (χ0n) is 13.3. The van der Waals surface area contributed by atoms with Gasteiger partial charge in [-0.15, -0.1) is 0 Å². The molecule has 0 heteroatoms. The van der Waals surface area contributed by atoms with Gasteiger partial charge in [0.05, 0.1) is 0 Å².